The third-order valence-corrected chi connectivity index (χ3v) is 6.88. The van der Waals surface area contributed by atoms with Crippen molar-refractivity contribution >= 4 is 26.9 Å². The molecule has 0 unspecified atom stereocenters. The molecule has 1 amide bonds. The first-order chi connectivity index (χ1) is 15.5. The summed E-state index contributed by atoms with van der Waals surface area (Å²) in [7, 11) is -2.15. The molecule has 4 rings (SSSR count). The number of fused-ring (bicyclic) bond motifs is 3. The van der Waals surface area contributed by atoms with Gasteiger partial charge in [-0.25, -0.2) is 13.1 Å². The molecule has 8 nitrogen and oxygen atoms in total. The van der Waals surface area contributed by atoms with Gasteiger partial charge in [0.15, 0.2) is 6.61 Å². The number of nitrogens with one attached hydrogen (secondary N) is 2. The highest BCUT2D eigenvalue weighted by Gasteiger charge is 2.18. The van der Waals surface area contributed by atoms with E-state index in [2.05, 4.69) is 10.0 Å². The Labute approximate surface area is 186 Å². The Morgan fingerprint density at radius 2 is 1.78 bits per heavy atom. The molecule has 3 aromatic rings. The number of methoxy groups -OCH3 is 1. The lowest BCUT2D eigenvalue weighted by Crippen LogP contribution is -2.36. The molecule has 1 aromatic heterocycles. The maximum Gasteiger partial charge on any atom is 0.257 e. The van der Waals surface area contributed by atoms with Crippen LogP contribution in [0.25, 0.3) is 11.0 Å². The SMILES string of the molecule is COc1ccc(S(=O)(=O)NCCNC(=O)COc2ccc3oc4c(c3c2)CCCC4)cc1. The van der Waals surface area contributed by atoms with Crippen molar-refractivity contribution in [1.82, 2.24) is 10.0 Å². The Kier molecular flexibility index (Phi) is 6.66. The fourth-order valence-corrected chi connectivity index (χ4v) is 4.79. The van der Waals surface area contributed by atoms with Crippen molar-refractivity contribution in [2.24, 2.45) is 0 Å². The minimum atomic E-state index is -3.66. The standard InChI is InChI=1S/C23H26N2O6S/c1-29-16-6-9-18(10-7-16)32(27,28)25-13-12-24-23(26)15-30-17-8-11-22-20(14-17)19-4-2-3-5-21(19)31-22/h6-11,14,25H,2-5,12-13,15H2,1H3,(H,24,26). The zero-order chi connectivity index (χ0) is 22.6. The number of carbonyl (C=O) groups is 1. The predicted molar refractivity (Wildman–Crippen MR) is 120 cm³/mol. The summed E-state index contributed by atoms with van der Waals surface area (Å²) in [4.78, 5) is 12.2. The Hall–Kier alpha value is -3.04. The number of rotatable bonds is 9. The monoisotopic (exact) mass is 458 g/mol. The van der Waals surface area contributed by atoms with E-state index in [1.165, 1.54) is 24.8 Å². The van der Waals surface area contributed by atoms with Crippen LogP contribution in [0.2, 0.25) is 0 Å². The molecule has 0 saturated carbocycles. The van der Waals surface area contributed by atoms with E-state index in [0.29, 0.717) is 11.5 Å². The van der Waals surface area contributed by atoms with E-state index in [9.17, 15) is 13.2 Å². The van der Waals surface area contributed by atoms with Crippen molar-refractivity contribution in [3.05, 3.63) is 53.8 Å². The second-order valence-electron chi connectivity index (χ2n) is 7.58. The highest BCUT2D eigenvalue weighted by molar-refractivity contribution is 7.89. The maximum absolute atomic E-state index is 12.3. The molecule has 0 radical (unpaired) electrons. The molecule has 0 fully saturated rings. The lowest BCUT2D eigenvalue weighted by Gasteiger charge is -2.10. The Balaban J connectivity index is 1.24. The van der Waals surface area contributed by atoms with Crippen molar-refractivity contribution in [3.8, 4) is 11.5 Å². The summed E-state index contributed by atoms with van der Waals surface area (Å²) in [5, 5.41) is 3.69. The van der Waals surface area contributed by atoms with Gasteiger partial charge in [0.1, 0.15) is 22.8 Å². The van der Waals surface area contributed by atoms with Gasteiger partial charge >= 0.3 is 0 Å². The first kappa shape index (κ1) is 22.2. The van der Waals surface area contributed by atoms with Gasteiger partial charge in [0.2, 0.25) is 10.0 Å². The van der Waals surface area contributed by atoms with Crippen LogP contribution in [0.3, 0.4) is 0 Å². The van der Waals surface area contributed by atoms with Crippen LogP contribution >= 0.6 is 0 Å². The number of benzene rings is 2. The van der Waals surface area contributed by atoms with Crippen molar-refractivity contribution in [3.63, 3.8) is 0 Å². The van der Waals surface area contributed by atoms with E-state index in [1.807, 2.05) is 12.1 Å². The fraction of sp³-hybridized carbons (Fsp3) is 0.348. The predicted octanol–water partition coefficient (Wildman–Crippen LogP) is 2.79. The lowest BCUT2D eigenvalue weighted by molar-refractivity contribution is -0.123. The van der Waals surface area contributed by atoms with Gasteiger partial charge in [-0.15, -0.1) is 0 Å². The fourth-order valence-electron chi connectivity index (χ4n) is 3.76. The number of sulfonamides is 1. The number of ether oxygens (including phenoxy) is 2. The van der Waals surface area contributed by atoms with E-state index in [-0.39, 0.29) is 30.5 Å². The van der Waals surface area contributed by atoms with Gasteiger partial charge in [-0.3, -0.25) is 4.79 Å². The summed E-state index contributed by atoms with van der Waals surface area (Å²) >= 11 is 0. The van der Waals surface area contributed by atoms with Crippen LogP contribution in [0.15, 0.2) is 51.8 Å². The molecular weight excluding hydrogens is 432 g/mol. The Morgan fingerprint density at radius 1 is 1.03 bits per heavy atom. The van der Waals surface area contributed by atoms with E-state index in [0.717, 1.165) is 42.4 Å². The summed E-state index contributed by atoms with van der Waals surface area (Å²) in [6.07, 6.45) is 4.26. The summed E-state index contributed by atoms with van der Waals surface area (Å²) in [5.41, 5.74) is 2.09. The average Bonchev–Trinajstić information content (AvgIpc) is 3.18. The van der Waals surface area contributed by atoms with E-state index in [4.69, 9.17) is 13.9 Å². The number of aryl methyl sites for hydroxylation is 2. The molecule has 0 spiro atoms. The first-order valence-corrected chi connectivity index (χ1v) is 12.0. The van der Waals surface area contributed by atoms with Crippen LogP contribution < -0.4 is 19.5 Å². The van der Waals surface area contributed by atoms with Crippen LogP contribution in [0.4, 0.5) is 0 Å². The van der Waals surface area contributed by atoms with E-state index < -0.39 is 10.0 Å². The van der Waals surface area contributed by atoms with Crippen molar-refractivity contribution < 1.29 is 27.1 Å². The molecule has 0 aliphatic heterocycles. The van der Waals surface area contributed by atoms with Gasteiger partial charge in [0.25, 0.3) is 5.91 Å². The maximum atomic E-state index is 12.3. The smallest absolute Gasteiger partial charge is 0.257 e. The van der Waals surface area contributed by atoms with Crippen molar-refractivity contribution in [1.29, 1.82) is 0 Å². The molecular formula is C23H26N2O6S. The number of hydrogen-bond donors (Lipinski definition) is 2. The van der Waals surface area contributed by atoms with Gasteiger partial charge in [-0.1, -0.05) is 0 Å². The Bertz CT molecular complexity index is 1200. The second kappa shape index (κ2) is 9.62. The number of carbonyl (C=O) groups excluding carboxylic acids is 1. The zero-order valence-corrected chi connectivity index (χ0v) is 18.7. The van der Waals surface area contributed by atoms with Gasteiger partial charge in [-0.05, 0) is 61.7 Å². The third-order valence-electron chi connectivity index (χ3n) is 5.41. The normalized spacial score (nSPS) is 13.5. The summed E-state index contributed by atoms with van der Waals surface area (Å²) in [6, 6.07) is 11.6. The van der Waals surface area contributed by atoms with Gasteiger partial charge < -0.3 is 19.2 Å². The zero-order valence-electron chi connectivity index (χ0n) is 17.8. The summed E-state index contributed by atoms with van der Waals surface area (Å²) in [5.74, 6) is 1.89. The molecule has 2 aromatic carbocycles. The van der Waals surface area contributed by atoms with Crippen molar-refractivity contribution in [2.45, 2.75) is 30.6 Å². The average molecular weight is 459 g/mol. The largest absolute Gasteiger partial charge is 0.497 e. The molecule has 0 atom stereocenters. The third kappa shape index (κ3) is 5.05. The van der Waals surface area contributed by atoms with Crippen LogP contribution in [0, 0.1) is 0 Å². The molecule has 170 valence electrons. The molecule has 2 N–H and O–H groups in total. The van der Waals surface area contributed by atoms with Crippen LogP contribution in [-0.2, 0) is 27.7 Å². The molecule has 1 heterocycles. The molecule has 1 aliphatic carbocycles. The van der Waals surface area contributed by atoms with E-state index in [1.54, 1.807) is 18.2 Å². The lowest BCUT2D eigenvalue weighted by atomic mass is 9.96. The Morgan fingerprint density at radius 3 is 2.56 bits per heavy atom. The van der Waals surface area contributed by atoms with Crippen LogP contribution in [0.1, 0.15) is 24.2 Å². The van der Waals surface area contributed by atoms with Gasteiger partial charge in [0, 0.05) is 30.5 Å². The topological polar surface area (TPSA) is 107 Å². The molecule has 9 heteroatoms. The second-order valence-corrected chi connectivity index (χ2v) is 9.35. The molecule has 0 bridgehead atoms. The number of furan rings is 1. The highest BCUT2D eigenvalue weighted by atomic mass is 32.2. The molecule has 0 saturated heterocycles. The summed E-state index contributed by atoms with van der Waals surface area (Å²) < 4.78 is 43.6. The van der Waals surface area contributed by atoms with Gasteiger partial charge in [-0.2, -0.15) is 0 Å². The highest BCUT2D eigenvalue weighted by Crippen LogP contribution is 2.33. The van der Waals surface area contributed by atoms with Crippen molar-refractivity contribution in [2.75, 3.05) is 26.8 Å². The minimum Gasteiger partial charge on any atom is -0.497 e. The van der Waals surface area contributed by atoms with Crippen LogP contribution in [0.5, 0.6) is 11.5 Å². The summed E-state index contributed by atoms with van der Waals surface area (Å²) in [6.45, 7) is 0.0514. The number of hydrogen-bond acceptors (Lipinski definition) is 6. The first-order valence-electron chi connectivity index (χ1n) is 10.5. The quantitative estimate of drug-likeness (QED) is 0.478. The van der Waals surface area contributed by atoms with Crippen LogP contribution in [-0.4, -0.2) is 41.1 Å². The van der Waals surface area contributed by atoms with Gasteiger partial charge in [0.05, 0.1) is 12.0 Å². The van der Waals surface area contributed by atoms with E-state index >= 15 is 0 Å². The number of amides is 1. The molecule has 1 aliphatic rings. The molecule has 32 heavy (non-hydrogen) atoms. The minimum absolute atomic E-state index is 0.0627.